The van der Waals surface area contributed by atoms with Crippen LogP contribution >= 0.6 is 0 Å². The third-order valence-corrected chi connectivity index (χ3v) is 1.68. The lowest BCUT2D eigenvalue weighted by atomic mass is 10.2. The average Bonchev–Trinajstić information content (AvgIpc) is 2.28. The van der Waals surface area contributed by atoms with Crippen LogP contribution in [0.25, 0.3) is 0 Å². The number of carbonyl (C=O) groups is 2. The standard InChI is InChI=1S/C10H11NO4/c1-3-15-10(13)8-7(9(12)14-2)5-4-6-11-8/h4-6H,3H2,1-2H3. The van der Waals surface area contributed by atoms with Crippen molar-refractivity contribution >= 4 is 11.9 Å². The number of esters is 2. The smallest absolute Gasteiger partial charge is 0.357 e. The number of ether oxygens (including phenoxy) is 2. The Balaban J connectivity index is 3.06. The Labute approximate surface area is 87.0 Å². The number of rotatable bonds is 3. The molecule has 1 heterocycles. The van der Waals surface area contributed by atoms with Crippen molar-refractivity contribution in [2.24, 2.45) is 0 Å². The van der Waals surface area contributed by atoms with E-state index < -0.39 is 11.9 Å². The lowest BCUT2D eigenvalue weighted by molar-refractivity contribution is 0.0497. The molecule has 0 saturated carbocycles. The number of nitrogens with zero attached hydrogens (tertiary/aromatic N) is 1. The molecule has 0 radical (unpaired) electrons. The molecule has 0 saturated heterocycles. The van der Waals surface area contributed by atoms with E-state index >= 15 is 0 Å². The van der Waals surface area contributed by atoms with E-state index in [9.17, 15) is 9.59 Å². The van der Waals surface area contributed by atoms with E-state index in [4.69, 9.17) is 4.74 Å². The number of carbonyl (C=O) groups excluding carboxylic acids is 2. The van der Waals surface area contributed by atoms with Gasteiger partial charge in [-0.2, -0.15) is 0 Å². The van der Waals surface area contributed by atoms with Crippen molar-refractivity contribution in [3.63, 3.8) is 0 Å². The fraction of sp³-hybridized carbons (Fsp3) is 0.300. The Morgan fingerprint density at radius 1 is 1.40 bits per heavy atom. The molecule has 0 N–H and O–H groups in total. The fourth-order valence-corrected chi connectivity index (χ4v) is 1.04. The Morgan fingerprint density at radius 2 is 2.13 bits per heavy atom. The molecule has 0 aliphatic heterocycles. The van der Waals surface area contributed by atoms with Crippen molar-refractivity contribution in [2.75, 3.05) is 13.7 Å². The van der Waals surface area contributed by atoms with Gasteiger partial charge >= 0.3 is 11.9 Å². The average molecular weight is 209 g/mol. The topological polar surface area (TPSA) is 65.5 Å². The lowest BCUT2D eigenvalue weighted by Crippen LogP contribution is -2.14. The van der Waals surface area contributed by atoms with Gasteiger partial charge in [-0.1, -0.05) is 0 Å². The number of methoxy groups -OCH3 is 1. The van der Waals surface area contributed by atoms with Gasteiger partial charge in [0.1, 0.15) is 0 Å². The summed E-state index contributed by atoms with van der Waals surface area (Å²) in [4.78, 5) is 26.5. The summed E-state index contributed by atoms with van der Waals surface area (Å²) in [5, 5.41) is 0. The van der Waals surface area contributed by atoms with Crippen molar-refractivity contribution in [3.05, 3.63) is 29.6 Å². The molecule has 5 heteroatoms. The molecule has 0 bridgehead atoms. The summed E-state index contributed by atoms with van der Waals surface area (Å²) < 4.78 is 9.27. The van der Waals surface area contributed by atoms with Gasteiger partial charge in [0, 0.05) is 6.20 Å². The zero-order chi connectivity index (χ0) is 11.3. The summed E-state index contributed by atoms with van der Waals surface area (Å²) in [6.07, 6.45) is 1.42. The first-order valence-corrected chi connectivity index (χ1v) is 4.41. The van der Waals surface area contributed by atoms with Crippen LogP contribution in [0.2, 0.25) is 0 Å². The van der Waals surface area contributed by atoms with E-state index in [1.54, 1.807) is 13.0 Å². The van der Waals surface area contributed by atoms with E-state index in [-0.39, 0.29) is 17.9 Å². The van der Waals surface area contributed by atoms with Gasteiger partial charge in [0.05, 0.1) is 19.3 Å². The van der Waals surface area contributed by atoms with E-state index in [1.165, 1.54) is 19.4 Å². The Hall–Kier alpha value is -1.91. The Morgan fingerprint density at radius 3 is 2.73 bits per heavy atom. The highest BCUT2D eigenvalue weighted by atomic mass is 16.5. The molecule has 0 fully saturated rings. The van der Waals surface area contributed by atoms with Crippen LogP contribution in [0.3, 0.4) is 0 Å². The van der Waals surface area contributed by atoms with Crippen LogP contribution in [-0.2, 0) is 9.47 Å². The first-order chi connectivity index (χ1) is 7.20. The van der Waals surface area contributed by atoms with Crippen molar-refractivity contribution < 1.29 is 19.1 Å². The van der Waals surface area contributed by atoms with Gasteiger partial charge in [0.25, 0.3) is 0 Å². The van der Waals surface area contributed by atoms with Crippen molar-refractivity contribution in [2.45, 2.75) is 6.92 Å². The summed E-state index contributed by atoms with van der Waals surface area (Å²) in [5.74, 6) is -1.23. The lowest BCUT2D eigenvalue weighted by Gasteiger charge is -2.05. The van der Waals surface area contributed by atoms with Crippen LogP contribution in [0.1, 0.15) is 27.8 Å². The molecule has 80 valence electrons. The monoisotopic (exact) mass is 209 g/mol. The second kappa shape index (κ2) is 5.09. The van der Waals surface area contributed by atoms with Crippen LogP contribution < -0.4 is 0 Å². The van der Waals surface area contributed by atoms with Crippen LogP contribution in [0.15, 0.2) is 18.3 Å². The minimum Gasteiger partial charge on any atom is -0.465 e. The summed E-state index contributed by atoms with van der Waals surface area (Å²) >= 11 is 0. The van der Waals surface area contributed by atoms with Gasteiger partial charge in [-0.15, -0.1) is 0 Å². The molecule has 0 aliphatic rings. The second-order valence-corrected chi connectivity index (χ2v) is 2.61. The maximum absolute atomic E-state index is 11.4. The van der Waals surface area contributed by atoms with Gasteiger partial charge in [-0.25, -0.2) is 14.6 Å². The maximum Gasteiger partial charge on any atom is 0.357 e. The van der Waals surface area contributed by atoms with E-state index in [0.29, 0.717) is 0 Å². The normalized spacial score (nSPS) is 9.47. The summed E-state index contributed by atoms with van der Waals surface area (Å²) in [7, 11) is 1.24. The largest absolute Gasteiger partial charge is 0.465 e. The molecular formula is C10H11NO4. The molecule has 0 aromatic carbocycles. The zero-order valence-electron chi connectivity index (χ0n) is 8.52. The van der Waals surface area contributed by atoms with E-state index in [2.05, 4.69) is 9.72 Å². The maximum atomic E-state index is 11.4. The van der Waals surface area contributed by atoms with Crippen LogP contribution in [0, 0.1) is 0 Å². The van der Waals surface area contributed by atoms with Gasteiger partial charge in [-0.05, 0) is 19.1 Å². The Kier molecular flexibility index (Phi) is 3.79. The molecule has 1 rings (SSSR count). The molecule has 0 amide bonds. The predicted molar refractivity (Wildman–Crippen MR) is 51.5 cm³/mol. The fourth-order valence-electron chi connectivity index (χ4n) is 1.04. The molecule has 15 heavy (non-hydrogen) atoms. The summed E-state index contributed by atoms with van der Waals surface area (Å²) in [5.41, 5.74) is 0.0876. The highest BCUT2D eigenvalue weighted by Crippen LogP contribution is 2.08. The molecule has 0 atom stereocenters. The molecule has 0 unspecified atom stereocenters. The summed E-state index contributed by atoms with van der Waals surface area (Å²) in [6, 6.07) is 3.01. The predicted octanol–water partition coefficient (Wildman–Crippen LogP) is 1.04. The van der Waals surface area contributed by atoms with Crippen molar-refractivity contribution in [1.82, 2.24) is 4.98 Å². The van der Waals surface area contributed by atoms with E-state index in [0.717, 1.165) is 0 Å². The molecule has 5 nitrogen and oxygen atoms in total. The molecule has 1 aromatic rings. The highest BCUT2D eigenvalue weighted by molar-refractivity contribution is 6.01. The first-order valence-electron chi connectivity index (χ1n) is 4.41. The Bertz CT molecular complexity index is 375. The SMILES string of the molecule is CCOC(=O)c1ncccc1C(=O)OC. The van der Waals surface area contributed by atoms with Gasteiger partial charge in [-0.3, -0.25) is 0 Å². The summed E-state index contributed by atoms with van der Waals surface area (Å²) in [6.45, 7) is 1.91. The van der Waals surface area contributed by atoms with Gasteiger partial charge in [0.2, 0.25) is 0 Å². The second-order valence-electron chi connectivity index (χ2n) is 2.61. The highest BCUT2D eigenvalue weighted by Gasteiger charge is 2.19. The van der Waals surface area contributed by atoms with Crippen LogP contribution in [-0.4, -0.2) is 30.6 Å². The minimum absolute atomic E-state index is 0.0220. The quantitative estimate of drug-likeness (QED) is 0.696. The molecular weight excluding hydrogens is 198 g/mol. The first kappa shape index (κ1) is 11.2. The minimum atomic E-state index is -0.626. The van der Waals surface area contributed by atoms with Crippen molar-refractivity contribution in [1.29, 1.82) is 0 Å². The van der Waals surface area contributed by atoms with Crippen molar-refractivity contribution in [3.8, 4) is 0 Å². The van der Waals surface area contributed by atoms with E-state index in [1.807, 2.05) is 0 Å². The molecule has 1 aromatic heterocycles. The van der Waals surface area contributed by atoms with Crippen LogP contribution in [0.5, 0.6) is 0 Å². The zero-order valence-corrected chi connectivity index (χ0v) is 8.52. The molecule has 0 aliphatic carbocycles. The van der Waals surface area contributed by atoms with Gasteiger partial charge in [0.15, 0.2) is 5.69 Å². The number of hydrogen-bond donors (Lipinski definition) is 0. The third-order valence-electron chi connectivity index (χ3n) is 1.68. The van der Waals surface area contributed by atoms with Gasteiger partial charge < -0.3 is 9.47 Å². The number of hydrogen-bond acceptors (Lipinski definition) is 5. The van der Waals surface area contributed by atoms with Crippen LogP contribution in [0.4, 0.5) is 0 Å². The molecule has 0 spiro atoms. The number of aromatic nitrogens is 1. The third kappa shape index (κ3) is 2.52. The number of pyridine rings is 1.